The molecule has 4 bridgehead atoms. The van der Waals surface area contributed by atoms with Crippen LogP contribution >= 0.6 is 0 Å². The van der Waals surface area contributed by atoms with Gasteiger partial charge in [-0.3, -0.25) is 9.59 Å². The van der Waals surface area contributed by atoms with Gasteiger partial charge in [0, 0.05) is 12.0 Å². The van der Waals surface area contributed by atoms with E-state index in [1.807, 2.05) is 54.6 Å². The lowest BCUT2D eigenvalue weighted by Gasteiger charge is -2.26. The van der Waals surface area contributed by atoms with Gasteiger partial charge >= 0.3 is 5.97 Å². The molecule has 1 aliphatic rings. The molecule has 5 rings (SSSR count). The first-order valence-corrected chi connectivity index (χ1v) is 15.9. The van der Waals surface area contributed by atoms with Crippen molar-refractivity contribution < 1.29 is 22.7 Å². The molecule has 0 aromatic heterocycles. The number of benzene rings is 4. The molecule has 1 aliphatic heterocycles. The van der Waals surface area contributed by atoms with Gasteiger partial charge in [-0.05, 0) is 72.4 Å². The second-order valence-corrected chi connectivity index (χ2v) is 13.0. The summed E-state index contributed by atoms with van der Waals surface area (Å²) in [7, 11) is -3.81. The molecular weight excluding hydrogens is 562 g/mol. The van der Waals surface area contributed by atoms with Crippen LogP contribution in [0, 0.1) is 0 Å². The van der Waals surface area contributed by atoms with Crippen molar-refractivity contribution in [2.45, 2.75) is 44.4 Å². The predicted molar refractivity (Wildman–Crippen MR) is 167 cm³/mol. The Balaban J connectivity index is 1.61. The maximum Gasteiger partial charge on any atom is 0.326 e. The standard InChI is InChI=1S/C34H35N3O5S/c1-34(35)22-25-11-9-10-24(18-25)16-17-31(27-12-5-3-6-13-27)36-32(38)28-19-26(23-42-33(34)39)20-30(21-28)37(43(2,40)41)29-14-7-4-8-15-29/h3-15,18-21,31H,16-17,22-23,35H2,1-2H3,(H,36,38). The molecule has 1 amide bonds. The van der Waals surface area contributed by atoms with Crippen LogP contribution in [0.2, 0.25) is 0 Å². The van der Waals surface area contributed by atoms with E-state index in [0.717, 1.165) is 22.9 Å². The molecule has 1 heterocycles. The number of carbonyl (C=O) groups is 2. The Bertz CT molecular complexity index is 1720. The first-order valence-electron chi connectivity index (χ1n) is 14.1. The number of nitrogens with one attached hydrogen (secondary N) is 1. The molecule has 0 saturated carbocycles. The number of rotatable bonds is 4. The van der Waals surface area contributed by atoms with Crippen molar-refractivity contribution >= 4 is 33.3 Å². The highest BCUT2D eigenvalue weighted by Gasteiger charge is 2.31. The predicted octanol–water partition coefficient (Wildman–Crippen LogP) is 5.20. The normalized spacial score (nSPS) is 19.7. The third-order valence-electron chi connectivity index (χ3n) is 7.42. The number of fused-ring (bicyclic) bond motifs is 4. The molecule has 8 nitrogen and oxygen atoms in total. The second-order valence-electron chi connectivity index (χ2n) is 11.2. The molecule has 0 saturated heterocycles. The zero-order valence-electron chi connectivity index (χ0n) is 24.2. The van der Waals surface area contributed by atoms with Gasteiger partial charge in [0.2, 0.25) is 10.0 Å². The summed E-state index contributed by atoms with van der Waals surface area (Å²) >= 11 is 0. The maximum atomic E-state index is 13.9. The minimum atomic E-state index is -3.81. The van der Waals surface area contributed by atoms with Crippen LogP contribution < -0.4 is 15.4 Å². The number of nitrogens with zero attached hydrogens (tertiary/aromatic N) is 1. The van der Waals surface area contributed by atoms with Gasteiger partial charge in [-0.2, -0.15) is 0 Å². The lowest BCUT2D eigenvalue weighted by atomic mass is 9.91. The Morgan fingerprint density at radius 1 is 0.837 bits per heavy atom. The van der Waals surface area contributed by atoms with Gasteiger partial charge in [-0.1, -0.05) is 72.8 Å². The minimum Gasteiger partial charge on any atom is -0.459 e. The number of carbonyl (C=O) groups excluding carboxylic acids is 2. The first-order chi connectivity index (χ1) is 20.5. The van der Waals surface area contributed by atoms with E-state index in [4.69, 9.17) is 10.5 Å². The van der Waals surface area contributed by atoms with E-state index in [0.29, 0.717) is 24.1 Å². The molecule has 2 unspecified atom stereocenters. The van der Waals surface area contributed by atoms with Gasteiger partial charge in [-0.15, -0.1) is 0 Å². The molecule has 222 valence electrons. The van der Waals surface area contributed by atoms with Gasteiger partial charge in [0.15, 0.2) is 0 Å². The van der Waals surface area contributed by atoms with E-state index in [-0.39, 0.29) is 36.2 Å². The van der Waals surface area contributed by atoms with Crippen molar-refractivity contribution in [1.82, 2.24) is 5.32 Å². The topological polar surface area (TPSA) is 119 Å². The fourth-order valence-electron chi connectivity index (χ4n) is 5.37. The number of hydrogen-bond acceptors (Lipinski definition) is 6. The summed E-state index contributed by atoms with van der Waals surface area (Å²) in [6.07, 6.45) is 2.66. The van der Waals surface area contributed by atoms with Crippen LogP contribution in [0.1, 0.15) is 52.0 Å². The molecule has 0 spiro atoms. The number of sulfonamides is 1. The summed E-state index contributed by atoms with van der Waals surface area (Å²) in [6, 6.07) is 30.7. The number of nitrogens with two attached hydrogens (primary N) is 1. The molecule has 4 aromatic carbocycles. The van der Waals surface area contributed by atoms with Crippen molar-refractivity contribution in [3.8, 4) is 0 Å². The zero-order chi connectivity index (χ0) is 30.6. The molecule has 0 radical (unpaired) electrons. The van der Waals surface area contributed by atoms with E-state index < -0.39 is 21.5 Å². The van der Waals surface area contributed by atoms with Crippen LogP contribution in [-0.2, 0) is 39.0 Å². The van der Waals surface area contributed by atoms with Gasteiger partial charge in [-0.25, -0.2) is 12.7 Å². The van der Waals surface area contributed by atoms with Gasteiger partial charge in [0.1, 0.15) is 12.1 Å². The van der Waals surface area contributed by atoms with E-state index in [1.165, 1.54) is 10.4 Å². The van der Waals surface area contributed by atoms with Gasteiger partial charge < -0.3 is 15.8 Å². The fraction of sp³-hybridized carbons (Fsp3) is 0.235. The number of aryl methyl sites for hydroxylation is 1. The number of ether oxygens (including phenoxy) is 1. The monoisotopic (exact) mass is 597 g/mol. The molecule has 4 aromatic rings. The summed E-state index contributed by atoms with van der Waals surface area (Å²) < 4.78 is 32.9. The third-order valence-corrected chi connectivity index (χ3v) is 8.51. The van der Waals surface area contributed by atoms with E-state index >= 15 is 0 Å². The van der Waals surface area contributed by atoms with Crippen molar-refractivity contribution in [3.63, 3.8) is 0 Å². The fourth-order valence-corrected chi connectivity index (χ4v) is 6.36. The van der Waals surface area contributed by atoms with Crippen LogP contribution in [0.25, 0.3) is 0 Å². The summed E-state index contributed by atoms with van der Waals surface area (Å²) in [4.78, 5) is 27.0. The van der Waals surface area contributed by atoms with E-state index in [2.05, 4.69) is 5.32 Å². The quantitative estimate of drug-likeness (QED) is 0.312. The molecule has 9 heteroatoms. The largest absolute Gasteiger partial charge is 0.459 e. The Labute approximate surface area is 252 Å². The average molecular weight is 598 g/mol. The van der Waals surface area contributed by atoms with E-state index in [1.54, 1.807) is 49.4 Å². The molecule has 43 heavy (non-hydrogen) atoms. The van der Waals surface area contributed by atoms with Crippen LogP contribution in [0.15, 0.2) is 103 Å². The van der Waals surface area contributed by atoms with Crippen LogP contribution in [0.4, 0.5) is 11.4 Å². The summed E-state index contributed by atoms with van der Waals surface area (Å²) in [5.41, 5.74) is 9.40. The number of amides is 1. The van der Waals surface area contributed by atoms with Gasteiger partial charge in [0.25, 0.3) is 5.91 Å². The maximum absolute atomic E-state index is 13.9. The van der Waals surface area contributed by atoms with Crippen LogP contribution in [-0.4, -0.2) is 32.1 Å². The Kier molecular flexibility index (Phi) is 8.66. The first kappa shape index (κ1) is 30.0. The highest BCUT2D eigenvalue weighted by molar-refractivity contribution is 7.92. The lowest BCUT2D eigenvalue weighted by molar-refractivity contribution is -0.150. The van der Waals surface area contributed by atoms with Crippen LogP contribution in [0.5, 0.6) is 0 Å². The van der Waals surface area contributed by atoms with Crippen molar-refractivity contribution in [2.24, 2.45) is 5.73 Å². The highest BCUT2D eigenvalue weighted by atomic mass is 32.2. The van der Waals surface area contributed by atoms with Crippen molar-refractivity contribution in [3.05, 3.63) is 131 Å². The SMILES string of the molecule is CC1(N)Cc2cccc(c2)CCC(c2ccccc2)NC(=O)c2cc(cc(N(c3ccccc3)S(C)(=O)=O)c2)COC1=O. The molecule has 0 fully saturated rings. The second kappa shape index (κ2) is 12.4. The van der Waals surface area contributed by atoms with Crippen molar-refractivity contribution in [1.29, 1.82) is 0 Å². The number of hydrogen-bond donors (Lipinski definition) is 2. The molecule has 3 N–H and O–H groups in total. The Morgan fingerprint density at radius 2 is 1.51 bits per heavy atom. The number of cyclic esters (lactones) is 1. The zero-order valence-corrected chi connectivity index (χ0v) is 25.0. The highest BCUT2D eigenvalue weighted by Crippen LogP contribution is 2.31. The van der Waals surface area contributed by atoms with Crippen LogP contribution in [0.3, 0.4) is 0 Å². The molecular formula is C34H35N3O5S. The molecule has 0 aliphatic carbocycles. The number of anilines is 2. The minimum absolute atomic E-state index is 0.200. The van der Waals surface area contributed by atoms with Crippen molar-refractivity contribution in [2.75, 3.05) is 10.6 Å². The third kappa shape index (κ3) is 7.31. The summed E-state index contributed by atoms with van der Waals surface area (Å²) in [6.45, 7) is 1.43. The molecule has 2 atom stereocenters. The Hall–Kier alpha value is -4.47. The number of para-hydroxylation sites is 1. The lowest BCUT2D eigenvalue weighted by Crippen LogP contribution is -2.48. The average Bonchev–Trinajstić information content (AvgIpc) is 2.97. The smallest absolute Gasteiger partial charge is 0.326 e. The summed E-state index contributed by atoms with van der Waals surface area (Å²) in [5, 5.41) is 3.16. The Morgan fingerprint density at radius 3 is 2.21 bits per heavy atom. The van der Waals surface area contributed by atoms with Gasteiger partial charge in [0.05, 0.1) is 23.7 Å². The number of esters is 1. The summed E-state index contributed by atoms with van der Waals surface area (Å²) in [5.74, 6) is -0.983. The van der Waals surface area contributed by atoms with E-state index in [9.17, 15) is 18.0 Å².